The van der Waals surface area contributed by atoms with Gasteiger partial charge in [0.15, 0.2) is 0 Å². The molecule has 1 aromatic heterocycles. The second-order valence-corrected chi connectivity index (χ2v) is 4.69. The van der Waals surface area contributed by atoms with Gasteiger partial charge in [0.05, 0.1) is 5.92 Å². The molecular weight excluding hydrogens is 258 g/mol. The predicted octanol–water partition coefficient (Wildman–Crippen LogP) is -0.319. The normalized spacial score (nSPS) is 17.7. The SMILES string of the molecule is NC(=O)[C@H]1CCc2c1[nH]c(=O)n(CCCCl)c2=O. The molecule has 0 radical (unpaired) electrons. The van der Waals surface area contributed by atoms with Crippen molar-refractivity contribution in [1.82, 2.24) is 9.55 Å². The van der Waals surface area contributed by atoms with E-state index in [4.69, 9.17) is 17.3 Å². The van der Waals surface area contributed by atoms with Crippen LogP contribution in [-0.4, -0.2) is 21.3 Å². The van der Waals surface area contributed by atoms with Gasteiger partial charge in [-0.25, -0.2) is 4.79 Å². The second kappa shape index (κ2) is 4.97. The molecule has 1 aliphatic rings. The van der Waals surface area contributed by atoms with Crippen LogP contribution in [0.15, 0.2) is 9.59 Å². The number of aromatic nitrogens is 2. The van der Waals surface area contributed by atoms with Gasteiger partial charge in [-0.2, -0.15) is 0 Å². The van der Waals surface area contributed by atoms with Gasteiger partial charge in [0.2, 0.25) is 5.91 Å². The Bertz CT molecular complexity index is 590. The van der Waals surface area contributed by atoms with E-state index in [9.17, 15) is 14.4 Å². The highest BCUT2D eigenvalue weighted by Crippen LogP contribution is 2.27. The molecule has 1 amide bonds. The number of fused-ring (bicyclic) bond motifs is 1. The van der Waals surface area contributed by atoms with E-state index in [1.165, 1.54) is 0 Å². The average Bonchev–Trinajstić information content (AvgIpc) is 2.72. The van der Waals surface area contributed by atoms with Crippen molar-refractivity contribution in [2.24, 2.45) is 5.73 Å². The minimum Gasteiger partial charge on any atom is -0.369 e. The van der Waals surface area contributed by atoms with Crippen molar-refractivity contribution in [1.29, 1.82) is 0 Å². The van der Waals surface area contributed by atoms with Crippen LogP contribution >= 0.6 is 11.6 Å². The summed E-state index contributed by atoms with van der Waals surface area (Å²) in [6, 6.07) is 0. The molecule has 2 rings (SSSR count). The van der Waals surface area contributed by atoms with Crippen molar-refractivity contribution in [3.63, 3.8) is 0 Å². The molecule has 1 aromatic rings. The van der Waals surface area contributed by atoms with E-state index < -0.39 is 17.5 Å². The molecule has 0 fully saturated rings. The van der Waals surface area contributed by atoms with Gasteiger partial charge in [-0.15, -0.1) is 11.6 Å². The minimum absolute atomic E-state index is 0.284. The summed E-state index contributed by atoms with van der Waals surface area (Å²) in [4.78, 5) is 37.7. The number of hydrogen-bond donors (Lipinski definition) is 2. The zero-order valence-electron chi connectivity index (χ0n) is 9.74. The third-order valence-electron chi connectivity index (χ3n) is 3.21. The van der Waals surface area contributed by atoms with Crippen LogP contribution in [0.25, 0.3) is 0 Å². The molecule has 6 nitrogen and oxygen atoms in total. The van der Waals surface area contributed by atoms with Gasteiger partial charge in [0, 0.05) is 23.7 Å². The van der Waals surface area contributed by atoms with E-state index >= 15 is 0 Å². The number of hydrogen-bond acceptors (Lipinski definition) is 3. The van der Waals surface area contributed by atoms with Crippen LogP contribution in [0.4, 0.5) is 0 Å². The number of halogens is 1. The molecular formula is C11H14ClN3O3. The number of carbonyl (C=O) groups is 1. The number of amides is 1. The number of H-pyrrole nitrogens is 1. The van der Waals surface area contributed by atoms with Gasteiger partial charge in [0.25, 0.3) is 5.56 Å². The summed E-state index contributed by atoms with van der Waals surface area (Å²) >= 11 is 5.55. The summed E-state index contributed by atoms with van der Waals surface area (Å²) in [5, 5.41) is 0. The zero-order chi connectivity index (χ0) is 13.3. The van der Waals surface area contributed by atoms with Crippen molar-refractivity contribution in [2.45, 2.75) is 31.7 Å². The number of rotatable bonds is 4. The molecule has 3 N–H and O–H groups in total. The molecule has 0 bridgehead atoms. The van der Waals surface area contributed by atoms with E-state index in [1.54, 1.807) is 0 Å². The molecule has 1 heterocycles. The molecule has 0 spiro atoms. The Morgan fingerprint density at radius 3 is 2.83 bits per heavy atom. The first-order valence-corrected chi connectivity index (χ1v) is 6.31. The summed E-state index contributed by atoms with van der Waals surface area (Å²) in [6.45, 7) is 0.284. The van der Waals surface area contributed by atoms with Crippen LogP contribution in [0.1, 0.15) is 30.0 Å². The Balaban J connectivity index is 2.50. The lowest BCUT2D eigenvalue weighted by Crippen LogP contribution is -2.38. The van der Waals surface area contributed by atoms with Gasteiger partial charge in [0.1, 0.15) is 0 Å². The maximum Gasteiger partial charge on any atom is 0.328 e. The summed E-state index contributed by atoms with van der Waals surface area (Å²) in [7, 11) is 0. The smallest absolute Gasteiger partial charge is 0.328 e. The first-order valence-electron chi connectivity index (χ1n) is 5.77. The Morgan fingerprint density at radius 1 is 1.50 bits per heavy atom. The fourth-order valence-corrected chi connectivity index (χ4v) is 2.43. The van der Waals surface area contributed by atoms with Crippen LogP contribution in [-0.2, 0) is 17.8 Å². The predicted molar refractivity (Wildman–Crippen MR) is 66.9 cm³/mol. The largest absolute Gasteiger partial charge is 0.369 e. The molecule has 7 heteroatoms. The van der Waals surface area contributed by atoms with E-state index in [0.29, 0.717) is 36.4 Å². The number of alkyl halides is 1. The molecule has 98 valence electrons. The fourth-order valence-electron chi connectivity index (χ4n) is 2.31. The van der Waals surface area contributed by atoms with Crippen molar-refractivity contribution in [2.75, 3.05) is 5.88 Å². The van der Waals surface area contributed by atoms with Crippen LogP contribution in [0, 0.1) is 0 Å². The van der Waals surface area contributed by atoms with Gasteiger partial charge >= 0.3 is 5.69 Å². The number of primary amides is 1. The molecule has 0 unspecified atom stereocenters. The van der Waals surface area contributed by atoms with Crippen LogP contribution in [0.5, 0.6) is 0 Å². The lowest BCUT2D eigenvalue weighted by Gasteiger charge is -2.09. The standard InChI is InChI=1S/C11H14ClN3O3/c12-4-1-5-15-10(17)7-3-2-6(9(13)16)8(7)14-11(15)18/h6H,1-5H2,(H2,13,16)(H,14,18)/t6-/m0/s1. The number of nitrogens with two attached hydrogens (primary N) is 1. The quantitative estimate of drug-likeness (QED) is 0.734. The maximum absolute atomic E-state index is 12.1. The Labute approximate surface area is 108 Å². The average molecular weight is 272 g/mol. The first-order chi connectivity index (χ1) is 8.56. The van der Waals surface area contributed by atoms with Crippen molar-refractivity contribution in [3.8, 4) is 0 Å². The summed E-state index contributed by atoms with van der Waals surface area (Å²) in [5.74, 6) is -0.683. The lowest BCUT2D eigenvalue weighted by molar-refractivity contribution is -0.119. The van der Waals surface area contributed by atoms with Crippen molar-refractivity contribution in [3.05, 3.63) is 32.1 Å². The topological polar surface area (TPSA) is 97.9 Å². The maximum atomic E-state index is 12.1. The van der Waals surface area contributed by atoms with E-state index in [0.717, 1.165) is 4.57 Å². The Hall–Kier alpha value is -1.56. The molecule has 0 saturated heterocycles. The minimum atomic E-state index is -0.553. The van der Waals surface area contributed by atoms with E-state index in [2.05, 4.69) is 4.98 Å². The highest BCUT2D eigenvalue weighted by atomic mass is 35.5. The van der Waals surface area contributed by atoms with E-state index in [-0.39, 0.29) is 12.1 Å². The third-order valence-corrected chi connectivity index (χ3v) is 3.47. The van der Waals surface area contributed by atoms with Crippen LogP contribution in [0.3, 0.4) is 0 Å². The van der Waals surface area contributed by atoms with Gasteiger partial charge < -0.3 is 10.7 Å². The summed E-state index contributed by atoms with van der Waals surface area (Å²) in [5.41, 5.74) is 5.29. The lowest BCUT2D eigenvalue weighted by atomic mass is 10.1. The molecule has 0 aliphatic heterocycles. The Morgan fingerprint density at radius 2 is 2.22 bits per heavy atom. The zero-order valence-corrected chi connectivity index (χ0v) is 10.5. The molecule has 1 atom stereocenters. The van der Waals surface area contributed by atoms with Gasteiger partial charge in [-0.1, -0.05) is 0 Å². The second-order valence-electron chi connectivity index (χ2n) is 4.32. The number of aromatic amines is 1. The first kappa shape index (κ1) is 12.9. The monoisotopic (exact) mass is 271 g/mol. The molecule has 1 aliphatic carbocycles. The number of carbonyl (C=O) groups excluding carboxylic acids is 1. The van der Waals surface area contributed by atoms with Crippen molar-refractivity contribution >= 4 is 17.5 Å². The van der Waals surface area contributed by atoms with Gasteiger partial charge in [-0.05, 0) is 19.3 Å². The summed E-state index contributed by atoms with van der Waals surface area (Å²) < 4.78 is 1.13. The molecule has 0 saturated carbocycles. The van der Waals surface area contributed by atoms with Crippen LogP contribution < -0.4 is 17.0 Å². The highest BCUT2D eigenvalue weighted by molar-refractivity contribution is 6.17. The van der Waals surface area contributed by atoms with Gasteiger partial charge in [-0.3, -0.25) is 14.2 Å². The molecule has 0 aromatic carbocycles. The third kappa shape index (κ3) is 2.08. The summed E-state index contributed by atoms with van der Waals surface area (Å²) in [6.07, 6.45) is 1.50. The highest BCUT2D eigenvalue weighted by Gasteiger charge is 2.31. The van der Waals surface area contributed by atoms with E-state index in [1.807, 2.05) is 0 Å². The number of nitrogens with one attached hydrogen (secondary N) is 1. The van der Waals surface area contributed by atoms with Crippen molar-refractivity contribution < 1.29 is 4.79 Å². The van der Waals surface area contributed by atoms with Crippen LogP contribution in [0.2, 0.25) is 0 Å². The Kier molecular flexibility index (Phi) is 3.56. The molecule has 18 heavy (non-hydrogen) atoms. The number of nitrogens with zero attached hydrogens (tertiary/aromatic N) is 1. The fraction of sp³-hybridized carbons (Fsp3) is 0.545.